The predicted octanol–water partition coefficient (Wildman–Crippen LogP) is 3.20. The Labute approximate surface area is 154 Å². The van der Waals surface area contributed by atoms with Crippen molar-refractivity contribution in [2.75, 3.05) is 13.2 Å². The molecule has 0 bridgehead atoms. The van der Waals surface area contributed by atoms with Crippen molar-refractivity contribution < 1.29 is 9.53 Å². The predicted molar refractivity (Wildman–Crippen MR) is 98.8 cm³/mol. The van der Waals surface area contributed by atoms with Crippen LogP contribution in [0.3, 0.4) is 0 Å². The zero-order valence-corrected chi connectivity index (χ0v) is 15.4. The quantitative estimate of drug-likeness (QED) is 0.855. The summed E-state index contributed by atoms with van der Waals surface area (Å²) in [5.41, 5.74) is 6.31. The summed E-state index contributed by atoms with van der Waals surface area (Å²) >= 11 is 6.42. The molecule has 1 aromatic rings. The van der Waals surface area contributed by atoms with E-state index < -0.39 is 5.41 Å². The Bertz CT molecular complexity index is 554. The molecule has 1 aliphatic carbocycles. The van der Waals surface area contributed by atoms with Gasteiger partial charge in [0, 0.05) is 30.3 Å². The van der Waals surface area contributed by atoms with Crippen molar-refractivity contribution in [3.05, 3.63) is 34.9 Å². The summed E-state index contributed by atoms with van der Waals surface area (Å²) in [6, 6.07) is 8.20. The molecule has 1 saturated heterocycles. The highest BCUT2D eigenvalue weighted by atomic mass is 35.5. The third-order valence-corrected chi connectivity index (χ3v) is 5.61. The highest BCUT2D eigenvalue weighted by Crippen LogP contribution is 2.39. The number of ether oxygens (including phenoxy) is 1. The number of carbonyl (C=O) groups excluding carboxylic acids is 1. The van der Waals surface area contributed by atoms with Gasteiger partial charge in [0.05, 0.1) is 5.41 Å². The van der Waals surface area contributed by atoms with Gasteiger partial charge < -0.3 is 15.8 Å². The van der Waals surface area contributed by atoms with Gasteiger partial charge in [0.1, 0.15) is 0 Å². The lowest BCUT2D eigenvalue weighted by Crippen LogP contribution is -2.52. The lowest BCUT2D eigenvalue weighted by Gasteiger charge is -2.38. The summed E-state index contributed by atoms with van der Waals surface area (Å²) in [7, 11) is 0. The van der Waals surface area contributed by atoms with E-state index in [0.717, 1.165) is 31.2 Å². The molecule has 1 heterocycles. The SMILES string of the molecule is Cl.NC1CCC(NC(=O)C2(c3ccccc3Cl)CCOCC2)CC1. The zero-order chi connectivity index (χ0) is 16.3. The van der Waals surface area contributed by atoms with E-state index in [0.29, 0.717) is 31.1 Å². The maximum Gasteiger partial charge on any atom is 0.231 e. The van der Waals surface area contributed by atoms with E-state index in [4.69, 9.17) is 22.1 Å². The summed E-state index contributed by atoms with van der Waals surface area (Å²) in [5, 5.41) is 3.93. The lowest BCUT2D eigenvalue weighted by atomic mass is 9.73. The van der Waals surface area contributed by atoms with Gasteiger partial charge in [-0.25, -0.2) is 0 Å². The fraction of sp³-hybridized carbons (Fsp3) is 0.611. The molecule has 0 spiro atoms. The van der Waals surface area contributed by atoms with Crippen LogP contribution in [0.5, 0.6) is 0 Å². The van der Waals surface area contributed by atoms with Gasteiger partial charge in [-0.05, 0) is 50.2 Å². The normalized spacial score (nSPS) is 26.2. The van der Waals surface area contributed by atoms with E-state index in [1.165, 1.54) is 0 Å². The van der Waals surface area contributed by atoms with Gasteiger partial charge in [-0.3, -0.25) is 4.79 Å². The van der Waals surface area contributed by atoms with Crippen molar-refractivity contribution in [3.8, 4) is 0 Å². The van der Waals surface area contributed by atoms with E-state index in [2.05, 4.69) is 5.32 Å². The number of nitrogens with one attached hydrogen (secondary N) is 1. The lowest BCUT2D eigenvalue weighted by molar-refractivity contribution is -0.131. The summed E-state index contributed by atoms with van der Waals surface area (Å²) < 4.78 is 5.50. The summed E-state index contributed by atoms with van der Waals surface area (Å²) in [4.78, 5) is 13.2. The molecule has 6 heteroatoms. The number of hydrogen-bond donors (Lipinski definition) is 2. The van der Waals surface area contributed by atoms with Crippen LogP contribution in [0.2, 0.25) is 5.02 Å². The molecule has 1 aliphatic heterocycles. The molecule has 3 rings (SSSR count). The van der Waals surface area contributed by atoms with Crippen LogP contribution in [0.25, 0.3) is 0 Å². The van der Waals surface area contributed by atoms with Crippen LogP contribution in [-0.4, -0.2) is 31.2 Å². The maximum absolute atomic E-state index is 13.2. The summed E-state index contributed by atoms with van der Waals surface area (Å²) in [6.07, 6.45) is 5.23. The molecular weight excluding hydrogens is 347 g/mol. The Morgan fingerprint density at radius 1 is 1.17 bits per heavy atom. The molecule has 134 valence electrons. The molecule has 1 amide bonds. The number of amides is 1. The van der Waals surface area contributed by atoms with Crippen LogP contribution in [0, 0.1) is 0 Å². The average molecular weight is 373 g/mol. The van der Waals surface area contributed by atoms with Crippen LogP contribution < -0.4 is 11.1 Å². The van der Waals surface area contributed by atoms with Gasteiger partial charge in [0.25, 0.3) is 0 Å². The van der Waals surface area contributed by atoms with Crippen molar-refractivity contribution >= 4 is 29.9 Å². The Morgan fingerprint density at radius 3 is 2.42 bits per heavy atom. The van der Waals surface area contributed by atoms with Gasteiger partial charge in [0.15, 0.2) is 0 Å². The van der Waals surface area contributed by atoms with Crippen molar-refractivity contribution in [2.24, 2.45) is 5.73 Å². The van der Waals surface area contributed by atoms with Gasteiger partial charge in [-0.1, -0.05) is 29.8 Å². The van der Waals surface area contributed by atoms with Crippen LogP contribution in [0.4, 0.5) is 0 Å². The summed E-state index contributed by atoms with van der Waals surface area (Å²) in [5.74, 6) is 0.0920. The molecule has 0 aromatic heterocycles. The molecule has 2 fully saturated rings. The molecule has 1 saturated carbocycles. The molecule has 24 heavy (non-hydrogen) atoms. The fourth-order valence-electron chi connectivity index (χ4n) is 3.77. The first-order chi connectivity index (χ1) is 11.1. The highest BCUT2D eigenvalue weighted by molar-refractivity contribution is 6.31. The first-order valence-electron chi connectivity index (χ1n) is 8.51. The minimum atomic E-state index is -0.573. The second-order valence-corrected chi connectivity index (χ2v) is 7.17. The van der Waals surface area contributed by atoms with Crippen molar-refractivity contribution in [3.63, 3.8) is 0 Å². The third-order valence-electron chi connectivity index (χ3n) is 5.28. The van der Waals surface area contributed by atoms with E-state index in [9.17, 15) is 4.79 Å². The van der Waals surface area contributed by atoms with Crippen LogP contribution in [0.1, 0.15) is 44.1 Å². The molecule has 4 nitrogen and oxygen atoms in total. The number of benzene rings is 1. The van der Waals surface area contributed by atoms with E-state index in [1.54, 1.807) is 0 Å². The third kappa shape index (κ3) is 4.05. The number of rotatable bonds is 3. The number of halogens is 2. The zero-order valence-electron chi connectivity index (χ0n) is 13.8. The molecule has 3 N–H and O–H groups in total. The topological polar surface area (TPSA) is 64.3 Å². The smallest absolute Gasteiger partial charge is 0.231 e. The summed E-state index contributed by atoms with van der Waals surface area (Å²) in [6.45, 7) is 1.18. The number of hydrogen-bond acceptors (Lipinski definition) is 3. The number of carbonyl (C=O) groups is 1. The fourth-order valence-corrected chi connectivity index (χ4v) is 4.09. The minimum Gasteiger partial charge on any atom is -0.381 e. The van der Waals surface area contributed by atoms with Gasteiger partial charge in [0.2, 0.25) is 5.91 Å². The van der Waals surface area contributed by atoms with E-state index in [-0.39, 0.29) is 30.4 Å². The first kappa shape index (κ1) is 19.5. The molecular formula is C18H26Cl2N2O2. The molecule has 1 aromatic carbocycles. The molecule has 2 aliphatic rings. The van der Waals surface area contributed by atoms with E-state index in [1.807, 2.05) is 24.3 Å². The second-order valence-electron chi connectivity index (χ2n) is 6.76. The maximum atomic E-state index is 13.2. The van der Waals surface area contributed by atoms with Crippen LogP contribution in [0.15, 0.2) is 24.3 Å². The highest BCUT2D eigenvalue weighted by Gasteiger charge is 2.43. The van der Waals surface area contributed by atoms with Gasteiger partial charge in [-0.15, -0.1) is 12.4 Å². The largest absolute Gasteiger partial charge is 0.381 e. The van der Waals surface area contributed by atoms with Gasteiger partial charge >= 0.3 is 0 Å². The van der Waals surface area contributed by atoms with Crippen LogP contribution >= 0.6 is 24.0 Å². The Morgan fingerprint density at radius 2 is 1.79 bits per heavy atom. The van der Waals surface area contributed by atoms with E-state index >= 15 is 0 Å². The Hall–Kier alpha value is -0.810. The first-order valence-corrected chi connectivity index (χ1v) is 8.89. The Balaban J connectivity index is 0.00000208. The van der Waals surface area contributed by atoms with Crippen molar-refractivity contribution in [1.29, 1.82) is 0 Å². The number of nitrogens with two attached hydrogens (primary N) is 1. The average Bonchev–Trinajstić information content (AvgIpc) is 2.58. The standard InChI is InChI=1S/C18H25ClN2O2.ClH/c19-16-4-2-1-3-15(16)18(9-11-23-12-10-18)17(22)21-14-7-5-13(20)6-8-14;/h1-4,13-14H,5-12,20H2,(H,21,22);1H. The van der Waals surface area contributed by atoms with Gasteiger partial charge in [-0.2, -0.15) is 0 Å². The van der Waals surface area contributed by atoms with Crippen LogP contribution in [-0.2, 0) is 14.9 Å². The second kappa shape index (κ2) is 8.52. The van der Waals surface area contributed by atoms with Crippen molar-refractivity contribution in [1.82, 2.24) is 5.32 Å². The molecule has 0 unspecified atom stereocenters. The molecule has 0 radical (unpaired) electrons. The minimum absolute atomic E-state index is 0. The Kier molecular flexibility index (Phi) is 6.93. The van der Waals surface area contributed by atoms with Crippen molar-refractivity contribution in [2.45, 2.75) is 56.0 Å². The monoisotopic (exact) mass is 372 g/mol. The molecule has 0 atom stereocenters.